The van der Waals surface area contributed by atoms with Crippen LogP contribution in [0.15, 0.2) is 35.6 Å². The quantitative estimate of drug-likeness (QED) is 0.881. The number of nitrogens with zero attached hydrogens (tertiary/aromatic N) is 3. The molecule has 1 amide bonds. The van der Waals surface area contributed by atoms with E-state index in [9.17, 15) is 4.79 Å². The zero-order valence-corrected chi connectivity index (χ0v) is 15.2. The molecule has 25 heavy (non-hydrogen) atoms. The van der Waals surface area contributed by atoms with Crippen molar-refractivity contribution in [1.29, 1.82) is 0 Å². The highest BCUT2D eigenvalue weighted by molar-refractivity contribution is 8.04. The van der Waals surface area contributed by atoms with Crippen LogP contribution in [-0.2, 0) is 4.79 Å². The minimum Gasteiger partial charge on any atom is -0.346 e. The number of anilines is 1. The van der Waals surface area contributed by atoms with Crippen molar-refractivity contribution in [1.82, 2.24) is 20.2 Å². The fourth-order valence-electron chi connectivity index (χ4n) is 3.55. The van der Waals surface area contributed by atoms with Crippen LogP contribution < -0.4 is 10.2 Å². The Morgan fingerprint density at radius 3 is 3.20 bits per heavy atom. The summed E-state index contributed by atoms with van der Waals surface area (Å²) in [7, 11) is 1.97. The van der Waals surface area contributed by atoms with Crippen molar-refractivity contribution in [3.63, 3.8) is 0 Å². The molecule has 0 spiro atoms. The Balaban J connectivity index is 1.58. The van der Waals surface area contributed by atoms with Gasteiger partial charge in [-0.05, 0) is 32.0 Å². The fraction of sp³-hybridized carbons (Fsp3) is 0.444. The molecule has 6 nitrogen and oxygen atoms in total. The number of aromatic amines is 1. The first kappa shape index (κ1) is 16.5. The number of nitrogens with one attached hydrogen (secondary N) is 2. The number of fused-ring (bicyclic) bond motifs is 1. The summed E-state index contributed by atoms with van der Waals surface area (Å²) in [6.45, 7) is 2.54. The van der Waals surface area contributed by atoms with Gasteiger partial charge < -0.3 is 20.1 Å². The van der Waals surface area contributed by atoms with Crippen LogP contribution in [0.2, 0.25) is 0 Å². The van der Waals surface area contributed by atoms with E-state index < -0.39 is 0 Å². The van der Waals surface area contributed by atoms with Crippen LogP contribution >= 0.6 is 11.8 Å². The lowest BCUT2D eigenvalue weighted by Gasteiger charge is -2.34. The van der Waals surface area contributed by atoms with E-state index >= 15 is 0 Å². The number of thioether (sulfide) groups is 1. The van der Waals surface area contributed by atoms with Gasteiger partial charge in [-0.3, -0.25) is 4.79 Å². The molecule has 1 fully saturated rings. The monoisotopic (exact) mass is 357 g/mol. The van der Waals surface area contributed by atoms with E-state index in [0.29, 0.717) is 6.04 Å². The molecule has 0 bridgehead atoms. The molecule has 2 aromatic rings. The number of likely N-dealkylation sites (tertiary alicyclic amines) is 1. The standard InChI is InChI=1S/C18H23N5OS/c1-19-13-3-2-8-23(11-13)18(24)16-12-22(9-10-25-16)15-5-7-21-17-14(15)4-6-20-17/h4-7,12-13,19H,2-3,8-11H2,1H3,(H,20,21)/t13-/m1/s1. The topological polar surface area (TPSA) is 64.3 Å². The molecule has 132 valence electrons. The van der Waals surface area contributed by atoms with Crippen molar-refractivity contribution in [3.05, 3.63) is 35.6 Å². The molecule has 4 heterocycles. The van der Waals surface area contributed by atoms with Crippen LogP contribution in [0, 0.1) is 0 Å². The number of amides is 1. The van der Waals surface area contributed by atoms with E-state index in [2.05, 4.69) is 20.2 Å². The maximum absolute atomic E-state index is 13.0. The molecular weight excluding hydrogens is 334 g/mol. The van der Waals surface area contributed by atoms with Gasteiger partial charge in [0.1, 0.15) is 5.65 Å². The van der Waals surface area contributed by atoms with Gasteiger partial charge in [0.05, 0.1) is 10.6 Å². The summed E-state index contributed by atoms with van der Waals surface area (Å²) in [5.41, 5.74) is 1.98. The molecule has 0 aromatic carbocycles. The molecule has 2 N–H and O–H groups in total. The first-order valence-electron chi connectivity index (χ1n) is 8.76. The van der Waals surface area contributed by atoms with Crippen molar-refractivity contribution in [2.24, 2.45) is 0 Å². The van der Waals surface area contributed by atoms with E-state index in [0.717, 1.165) is 59.9 Å². The molecule has 0 radical (unpaired) electrons. The third-order valence-electron chi connectivity index (χ3n) is 4.94. The van der Waals surface area contributed by atoms with Crippen molar-refractivity contribution in [3.8, 4) is 0 Å². The Labute approximate surface area is 151 Å². The highest BCUT2D eigenvalue weighted by Gasteiger charge is 2.27. The molecule has 2 aliphatic rings. The first-order chi connectivity index (χ1) is 12.3. The van der Waals surface area contributed by atoms with Crippen LogP contribution in [0.25, 0.3) is 11.0 Å². The maximum Gasteiger partial charge on any atom is 0.261 e. The zero-order chi connectivity index (χ0) is 17.2. The number of aromatic nitrogens is 2. The van der Waals surface area contributed by atoms with Gasteiger partial charge in [-0.25, -0.2) is 4.98 Å². The third kappa shape index (κ3) is 3.26. The lowest BCUT2D eigenvalue weighted by molar-refractivity contribution is -0.127. The van der Waals surface area contributed by atoms with E-state index in [4.69, 9.17) is 0 Å². The zero-order valence-electron chi connectivity index (χ0n) is 14.4. The average molecular weight is 357 g/mol. The molecule has 0 unspecified atom stereocenters. The number of rotatable bonds is 3. The molecule has 2 aromatic heterocycles. The Morgan fingerprint density at radius 1 is 1.40 bits per heavy atom. The molecule has 4 rings (SSSR count). The second kappa shape index (κ2) is 7.09. The molecule has 2 aliphatic heterocycles. The van der Waals surface area contributed by atoms with Gasteiger partial charge in [0.15, 0.2) is 0 Å². The normalized spacial score (nSPS) is 21.5. The summed E-state index contributed by atoms with van der Waals surface area (Å²) in [5, 5.41) is 4.39. The number of carbonyl (C=O) groups excluding carboxylic acids is 1. The van der Waals surface area contributed by atoms with Crippen LogP contribution in [0.4, 0.5) is 5.69 Å². The highest BCUT2D eigenvalue weighted by atomic mass is 32.2. The predicted octanol–water partition coefficient (Wildman–Crippen LogP) is 2.17. The number of H-pyrrole nitrogens is 1. The van der Waals surface area contributed by atoms with Crippen LogP contribution in [0.5, 0.6) is 0 Å². The van der Waals surface area contributed by atoms with Crippen molar-refractivity contribution < 1.29 is 4.79 Å². The Hall–Kier alpha value is -1.99. The largest absolute Gasteiger partial charge is 0.346 e. The van der Waals surface area contributed by atoms with Gasteiger partial charge in [-0.15, -0.1) is 11.8 Å². The fourth-order valence-corrected chi connectivity index (χ4v) is 4.52. The van der Waals surface area contributed by atoms with E-state index in [1.54, 1.807) is 11.8 Å². The Kier molecular flexibility index (Phi) is 4.67. The lowest BCUT2D eigenvalue weighted by atomic mass is 10.1. The number of pyridine rings is 1. The van der Waals surface area contributed by atoms with Crippen molar-refractivity contribution in [2.45, 2.75) is 18.9 Å². The van der Waals surface area contributed by atoms with Crippen molar-refractivity contribution in [2.75, 3.05) is 37.3 Å². The number of likely N-dealkylation sites (N-methyl/N-ethyl adjacent to an activating group) is 1. The number of hydrogen-bond donors (Lipinski definition) is 2. The first-order valence-corrected chi connectivity index (χ1v) is 9.74. The summed E-state index contributed by atoms with van der Waals surface area (Å²) in [6, 6.07) is 4.46. The van der Waals surface area contributed by atoms with Gasteiger partial charge in [0, 0.05) is 55.4 Å². The predicted molar refractivity (Wildman–Crippen MR) is 103 cm³/mol. The Morgan fingerprint density at radius 2 is 2.32 bits per heavy atom. The third-order valence-corrected chi connectivity index (χ3v) is 5.91. The van der Waals surface area contributed by atoms with Gasteiger partial charge in [-0.1, -0.05) is 0 Å². The maximum atomic E-state index is 13.0. The smallest absolute Gasteiger partial charge is 0.261 e. The summed E-state index contributed by atoms with van der Waals surface area (Å²) in [5.74, 6) is 1.07. The summed E-state index contributed by atoms with van der Waals surface area (Å²) in [4.78, 5) is 25.5. The summed E-state index contributed by atoms with van der Waals surface area (Å²) in [6.07, 6.45) is 7.93. The molecule has 7 heteroatoms. The average Bonchev–Trinajstić information content (AvgIpc) is 3.16. The second-order valence-corrected chi connectivity index (χ2v) is 7.62. The van der Waals surface area contributed by atoms with Crippen LogP contribution in [0.1, 0.15) is 12.8 Å². The van der Waals surface area contributed by atoms with E-state index in [1.165, 1.54) is 0 Å². The minimum absolute atomic E-state index is 0.161. The molecule has 1 atom stereocenters. The second-order valence-electron chi connectivity index (χ2n) is 6.48. The Bertz CT molecular complexity index is 802. The number of hydrogen-bond acceptors (Lipinski definition) is 5. The van der Waals surface area contributed by atoms with Gasteiger partial charge >= 0.3 is 0 Å². The summed E-state index contributed by atoms with van der Waals surface area (Å²) < 4.78 is 0. The van der Waals surface area contributed by atoms with Gasteiger partial charge in [0.25, 0.3) is 5.91 Å². The highest BCUT2D eigenvalue weighted by Crippen LogP contribution is 2.31. The lowest BCUT2D eigenvalue weighted by Crippen LogP contribution is -2.47. The molecule has 0 aliphatic carbocycles. The minimum atomic E-state index is 0.161. The molecule has 1 saturated heterocycles. The van der Waals surface area contributed by atoms with E-state index in [-0.39, 0.29) is 5.91 Å². The number of carbonyl (C=O) groups is 1. The van der Waals surface area contributed by atoms with Crippen LogP contribution in [-0.4, -0.2) is 59.3 Å². The van der Waals surface area contributed by atoms with Gasteiger partial charge in [-0.2, -0.15) is 0 Å². The number of piperidine rings is 1. The van der Waals surface area contributed by atoms with Crippen LogP contribution in [0.3, 0.4) is 0 Å². The van der Waals surface area contributed by atoms with E-state index in [1.807, 2.05) is 42.7 Å². The van der Waals surface area contributed by atoms with Crippen molar-refractivity contribution >= 4 is 34.4 Å². The summed E-state index contributed by atoms with van der Waals surface area (Å²) >= 11 is 1.66. The molecular formula is C18H23N5OS. The van der Waals surface area contributed by atoms with Gasteiger partial charge in [0.2, 0.25) is 0 Å². The SMILES string of the molecule is CN[C@@H]1CCCN(C(=O)C2=CN(c3ccnc4[nH]ccc34)CCS2)C1. The molecule has 0 saturated carbocycles.